The van der Waals surface area contributed by atoms with E-state index in [0.29, 0.717) is 45.1 Å². The number of hydrogen-bond donors (Lipinski definition) is 0. The zero-order valence-corrected chi connectivity index (χ0v) is 18.7. The molecule has 35 heavy (non-hydrogen) atoms. The molecule has 4 aromatic rings. The largest absolute Gasteiger partial charge is 0.493 e. The fourth-order valence-electron chi connectivity index (χ4n) is 4.15. The van der Waals surface area contributed by atoms with Crippen LogP contribution in [0.2, 0.25) is 0 Å². The molecule has 3 heterocycles. The number of methoxy groups -OCH3 is 1. The number of fused-ring (bicyclic) bond motifs is 3. The van der Waals surface area contributed by atoms with Gasteiger partial charge in [-0.05, 0) is 54.5 Å². The smallest absolute Gasteiger partial charge is 0.379 e. The van der Waals surface area contributed by atoms with Crippen molar-refractivity contribution in [2.24, 2.45) is 0 Å². The Bertz CT molecular complexity index is 1560. The maximum absolute atomic E-state index is 13.0. The van der Waals surface area contributed by atoms with Crippen molar-refractivity contribution in [2.45, 2.75) is 6.92 Å². The quantitative estimate of drug-likeness (QED) is 0.225. The van der Waals surface area contributed by atoms with Crippen LogP contribution in [0.15, 0.2) is 64.8 Å². The number of para-hydroxylation sites is 1. The molecule has 2 aliphatic rings. The number of ether oxygens (including phenoxy) is 5. The summed E-state index contributed by atoms with van der Waals surface area (Å²) >= 11 is 0. The van der Waals surface area contributed by atoms with Crippen LogP contribution in [0.5, 0.6) is 28.7 Å². The Morgan fingerprint density at radius 2 is 1.86 bits per heavy atom. The molecule has 0 spiro atoms. The number of hydrogen-bond acceptors (Lipinski definition) is 8. The third kappa shape index (κ3) is 3.56. The highest BCUT2D eigenvalue weighted by atomic mass is 16.7. The summed E-state index contributed by atoms with van der Waals surface area (Å²) in [6, 6.07) is 15.4. The first-order valence-corrected chi connectivity index (χ1v) is 10.8. The zero-order valence-electron chi connectivity index (χ0n) is 18.7. The van der Waals surface area contributed by atoms with E-state index in [2.05, 4.69) is 0 Å². The fourth-order valence-corrected chi connectivity index (χ4v) is 4.15. The summed E-state index contributed by atoms with van der Waals surface area (Å²) < 4.78 is 33.0. The Morgan fingerprint density at radius 3 is 2.71 bits per heavy atom. The van der Waals surface area contributed by atoms with Gasteiger partial charge in [0.05, 0.1) is 12.7 Å². The van der Waals surface area contributed by atoms with Crippen LogP contribution in [0, 0.1) is 6.92 Å². The highest BCUT2D eigenvalue weighted by Crippen LogP contribution is 2.39. The first kappa shape index (κ1) is 20.9. The third-order valence-electron chi connectivity index (χ3n) is 5.78. The van der Waals surface area contributed by atoms with Gasteiger partial charge in [-0.2, -0.15) is 0 Å². The maximum atomic E-state index is 13.0. The molecule has 0 atom stereocenters. The first-order valence-electron chi connectivity index (χ1n) is 10.8. The standard InChI is InChI=1S/C27H18O8/c1-14-8-17(33-27(29)23-11-16-4-3-5-19(30-2)26(16)35-23)12-21-24(14)25(28)22(34-21)10-15-6-7-18-20(9-15)32-13-31-18/h3-12H,13H2,1-2H3/b22-10-. The lowest BCUT2D eigenvalue weighted by molar-refractivity contribution is 0.0703. The van der Waals surface area contributed by atoms with Crippen molar-refractivity contribution in [2.75, 3.05) is 13.9 Å². The van der Waals surface area contributed by atoms with E-state index in [1.807, 2.05) is 12.1 Å². The molecule has 0 fully saturated rings. The van der Waals surface area contributed by atoms with E-state index in [1.165, 1.54) is 13.2 Å². The van der Waals surface area contributed by atoms with E-state index in [9.17, 15) is 9.59 Å². The van der Waals surface area contributed by atoms with E-state index >= 15 is 0 Å². The Morgan fingerprint density at radius 1 is 1.00 bits per heavy atom. The molecule has 0 amide bonds. The Labute approximate surface area is 199 Å². The number of Topliss-reactive ketones (excluding diaryl/α,β-unsaturated/α-hetero) is 1. The van der Waals surface area contributed by atoms with Crippen molar-refractivity contribution in [1.82, 2.24) is 0 Å². The van der Waals surface area contributed by atoms with Gasteiger partial charge in [0.25, 0.3) is 0 Å². The highest BCUT2D eigenvalue weighted by molar-refractivity contribution is 6.15. The number of rotatable bonds is 4. The lowest BCUT2D eigenvalue weighted by Crippen LogP contribution is -2.07. The molecule has 0 aliphatic carbocycles. The molecule has 174 valence electrons. The van der Waals surface area contributed by atoms with Gasteiger partial charge < -0.3 is 28.1 Å². The second kappa shape index (κ2) is 7.95. The molecule has 0 bridgehead atoms. The van der Waals surface area contributed by atoms with Gasteiger partial charge in [-0.25, -0.2) is 4.79 Å². The van der Waals surface area contributed by atoms with Crippen molar-refractivity contribution >= 4 is 28.8 Å². The maximum Gasteiger partial charge on any atom is 0.379 e. The number of carbonyl (C=O) groups excluding carboxylic acids is 2. The molecule has 0 N–H and O–H groups in total. The molecular weight excluding hydrogens is 452 g/mol. The molecule has 0 saturated carbocycles. The topological polar surface area (TPSA) is 93.4 Å². The molecular formula is C27H18O8. The minimum Gasteiger partial charge on any atom is -0.493 e. The first-order chi connectivity index (χ1) is 17.0. The minimum atomic E-state index is -0.678. The molecule has 6 rings (SSSR count). The summed E-state index contributed by atoms with van der Waals surface area (Å²) in [5.74, 6) is 1.59. The predicted molar refractivity (Wildman–Crippen MR) is 124 cm³/mol. The van der Waals surface area contributed by atoms with E-state index in [-0.39, 0.29) is 29.8 Å². The fraction of sp³-hybridized carbons (Fsp3) is 0.111. The molecule has 3 aromatic carbocycles. The molecule has 8 nitrogen and oxygen atoms in total. The third-order valence-corrected chi connectivity index (χ3v) is 5.78. The summed E-state index contributed by atoms with van der Waals surface area (Å²) in [5, 5.41) is 0.716. The van der Waals surface area contributed by atoms with Crippen molar-refractivity contribution in [3.63, 3.8) is 0 Å². The van der Waals surface area contributed by atoms with Crippen LogP contribution in [0.1, 0.15) is 32.0 Å². The van der Waals surface area contributed by atoms with Gasteiger partial charge in [-0.1, -0.05) is 18.2 Å². The summed E-state index contributed by atoms with van der Waals surface area (Å²) in [5.41, 5.74) is 2.23. The van der Waals surface area contributed by atoms with E-state index in [1.54, 1.807) is 49.4 Å². The van der Waals surface area contributed by atoms with Gasteiger partial charge in [-0.3, -0.25) is 4.79 Å². The summed E-state index contributed by atoms with van der Waals surface area (Å²) in [7, 11) is 1.53. The van der Waals surface area contributed by atoms with E-state index < -0.39 is 5.97 Å². The van der Waals surface area contributed by atoms with Crippen LogP contribution in [0.4, 0.5) is 0 Å². The van der Waals surface area contributed by atoms with Crippen LogP contribution < -0.4 is 23.7 Å². The monoisotopic (exact) mass is 470 g/mol. The SMILES string of the molecule is COc1cccc2cc(C(=O)Oc3cc(C)c4c(c3)O/C(=C\c3ccc5c(c3)OCO5)C4=O)oc12. The minimum absolute atomic E-state index is 0.0306. The van der Waals surface area contributed by atoms with Gasteiger partial charge in [0.1, 0.15) is 11.5 Å². The molecule has 2 aliphatic heterocycles. The van der Waals surface area contributed by atoms with Gasteiger partial charge >= 0.3 is 5.97 Å². The Hall–Kier alpha value is -4.72. The Balaban J connectivity index is 1.26. The van der Waals surface area contributed by atoms with Crippen LogP contribution in [0.25, 0.3) is 17.0 Å². The number of furan rings is 1. The lowest BCUT2D eigenvalue weighted by atomic mass is 10.0. The second-order valence-electron chi connectivity index (χ2n) is 8.04. The van der Waals surface area contributed by atoms with E-state index in [0.717, 1.165) is 5.56 Å². The van der Waals surface area contributed by atoms with Gasteiger partial charge in [-0.15, -0.1) is 0 Å². The highest BCUT2D eigenvalue weighted by Gasteiger charge is 2.31. The summed E-state index contributed by atoms with van der Waals surface area (Å²) in [6.45, 7) is 1.92. The lowest BCUT2D eigenvalue weighted by Gasteiger charge is -2.06. The molecule has 0 saturated heterocycles. The van der Waals surface area contributed by atoms with Crippen molar-refractivity contribution in [1.29, 1.82) is 0 Å². The van der Waals surface area contributed by atoms with Crippen LogP contribution in [-0.2, 0) is 0 Å². The average Bonchev–Trinajstić information content (AvgIpc) is 3.56. The van der Waals surface area contributed by atoms with Crippen LogP contribution in [0.3, 0.4) is 0 Å². The number of carbonyl (C=O) groups is 2. The van der Waals surface area contributed by atoms with Crippen LogP contribution >= 0.6 is 0 Å². The second-order valence-corrected chi connectivity index (χ2v) is 8.04. The molecule has 1 aromatic heterocycles. The normalized spacial score (nSPS) is 14.8. The van der Waals surface area contributed by atoms with Crippen LogP contribution in [-0.4, -0.2) is 25.7 Å². The van der Waals surface area contributed by atoms with Gasteiger partial charge in [0, 0.05) is 11.5 Å². The van der Waals surface area contributed by atoms with E-state index in [4.69, 9.17) is 28.1 Å². The number of ketones is 1. The average molecular weight is 470 g/mol. The number of aryl methyl sites for hydroxylation is 1. The molecule has 8 heteroatoms. The van der Waals surface area contributed by atoms with Crippen molar-refractivity contribution in [3.8, 4) is 28.7 Å². The molecule has 0 radical (unpaired) electrons. The summed E-state index contributed by atoms with van der Waals surface area (Å²) in [4.78, 5) is 25.7. The van der Waals surface area contributed by atoms with Crippen molar-refractivity contribution in [3.05, 3.63) is 82.8 Å². The van der Waals surface area contributed by atoms with Crippen molar-refractivity contribution < 1.29 is 37.7 Å². The van der Waals surface area contributed by atoms with Gasteiger partial charge in [0.2, 0.25) is 18.3 Å². The predicted octanol–water partition coefficient (Wildman–Crippen LogP) is 5.31. The number of allylic oxidation sites excluding steroid dienone is 1. The zero-order chi connectivity index (χ0) is 24.1. The van der Waals surface area contributed by atoms with Gasteiger partial charge in [0.15, 0.2) is 28.6 Å². The Kier molecular flexibility index (Phi) is 4.74. The summed E-state index contributed by atoms with van der Waals surface area (Å²) in [6.07, 6.45) is 1.64. The molecule has 0 unspecified atom stereocenters. The number of benzene rings is 3. The number of esters is 1.